The second kappa shape index (κ2) is 9.42. The van der Waals surface area contributed by atoms with Gasteiger partial charge in [-0.05, 0) is 67.4 Å². The highest BCUT2D eigenvalue weighted by Gasteiger charge is 2.47. The minimum Gasteiger partial charge on any atom is -0.507 e. The molecule has 3 aromatic rings. The molecule has 1 atom stereocenters. The fourth-order valence-corrected chi connectivity index (χ4v) is 4.28. The Morgan fingerprint density at radius 2 is 1.82 bits per heavy atom. The molecular weight excluding hydrogens is 452 g/mol. The van der Waals surface area contributed by atoms with Gasteiger partial charge in [0.25, 0.3) is 11.7 Å². The van der Waals surface area contributed by atoms with Crippen LogP contribution in [0.2, 0.25) is 5.02 Å². The van der Waals surface area contributed by atoms with Crippen molar-refractivity contribution < 1.29 is 19.4 Å². The molecule has 1 fully saturated rings. The number of nitriles is 1. The predicted molar refractivity (Wildman–Crippen MR) is 130 cm³/mol. The topological polar surface area (TPSA) is 90.6 Å². The fraction of sp³-hybridized carbons (Fsp3) is 0.148. The Bertz CT molecular complexity index is 1360. The van der Waals surface area contributed by atoms with Crippen molar-refractivity contribution in [3.05, 3.63) is 99.6 Å². The van der Waals surface area contributed by atoms with E-state index in [0.29, 0.717) is 29.2 Å². The first-order valence-corrected chi connectivity index (χ1v) is 11.0. The van der Waals surface area contributed by atoms with Crippen molar-refractivity contribution in [3.8, 4) is 11.8 Å². The molecule has 0 bridgehead atoms. The molecule has 1 aliphatic heterocycles. The third kappa shape index (κ3) is 4.02. The van der Waals surface area contributed by atoms with Gasteiger partial charge in [0, 0.05) is 11.3 Å². The van der Waals surface area contributed by atoms with Gasteiger partial charge in [-0.1, -0.05) is 35.9 Å². The minimum absolute atomic E-state index is 0.0702. The van der Waals surface area contributed by atoms with Crippen molar-refractivity contribution in [2.45, 2.75) is 19.9 Å². The second-order valence-corrected chi connectivity index (χ2v) is 8.17. The first-order valence-electron chi connectivity index (χ1n) is 10.7. The molecule has 7 heteroatoms. The summed E-state index contributed by atoms with van der Waals surface area (Å²) in [6.45, 7) is 4.11. The summed E-state index contributed by atoms with van der Waals surface area (Å²) in [6.07, 6.45) is 0. The molecule has 4 rings (SSSR count). The van der Waals surface area contributed by atoms with Crippen LogP contribution in [0.25, 0.3) is 5.76 Å². The van der Waals surface area contributed by atoms with Gasteiger partial charge in [0.1, 0.15) is 11.5 Å². The Hall–Kier alpha value is -4.08. The van der Waals surface area contributed by atoms with E-state index in [-0.39, 0.29) is 21.9 Å². The lowest BCUT2D eigenvalue weighted by atomic mass is 9.92. The van der Waals surface area contributed by atoms with Crippen LogP contribution in [0.3, 0.4) is 0 Å². The molecule has 1 saturated heterocycles. The maximum absolute atomic E-state index is 13.3. The number of anilines is 1. The van der Waals surface area contributed by atoms with Gasteiger partial charge in [-0.25, -0.2) is 0 Å². The first kappa shape index (κ1) is 23.1. The summed E-state index contributed by atoms with van der Waals surface area (Å²) in [7, 11) is 0. The van der Waals surface area contributed by atoms with E-state index < -0.39 is 17.7 Å². The molecule has 1 N–H and O–H groups in total. The zero-order valence-corrected chi connectivity index (χ0v) is 19.3. The van der Waals surface area contributed by atoms with Crippen LogP contribution in [-0.4, -0.2) is 23.4 Å². The predicted octanol–water partition coefficient (Wildman–Crippen LogP) is 5.55. The third-order valence-corrected chi connectivity index (χ3v) is 6.04. The van der Waals surface area contributed by atoms with Crippen LogP contribution in [0.15, 0.2) is 72.3 Å². The molecule has 6 nitrogen and oxygen atoms in total. The number of benzene rings is 3. The van der Waals surface area contributed by atoms with Crippen LogP contribution < -0.4 is 9.64 Å². The number of Topliss-reactive ketones (excluding diaryl/α,β-unsaturated/α-hetero) is 1. The Morgan fingerprint density at radius 3 is 2.47 bits per heavy atom. The lowest BCUT2D eigenvalue weighted by Gasteiger charge is -2.26. The van der Waals surface area contributed by atoms with Crippen molar-refractivity contribution in [2.75, 3.05) is 11.5 Å². The number of carbonyl (C=O) groups excluding carboxylic acids is 2. The van der Waals surface area contributed by atoms with Gasteiger partial charge in [0.15, 0.2) is 0 Å². The van der Waals surface area contributed by atoms with Crippen LogP contribution in [0.5, 0.6) is 5.75 Å². The van der Waals surface area contributed by atoms with E-state index in [1.165, 1.54) is 4.90 Å². The number of carbonyl (C=O) groups is 2. The SMILES string of the molecule is CCOc1ccc(Cl)c(/C(O)=C2\C(=O)C(=O)N(c3ccc(C#N)cc3)C2c2ccccc2C)c1. The molecule has 1 aliphatic rings. The lowest BCUT2D eigenvalue weighted by molar-refractivity contribution is -0.132. The smallest absolute Gasteiger partial charge is 0.300 e. The van der Waals surface area contributed by atoms with Gasteiger partial charge in [0.2, 0.25) is 0 Å². The Morgan fingerprint density at radius 1 is 1.12 bits per heavy atom. The average molecular weight is 473 g/mol. The molecule has 0 spiro atoms. The number of nitrogens with zero attached hydrogens (tertiary/aromatic N) is 2. The Balaban J connectivity index is 1.96. The number of hydrogen-bond donors (Lipinski definition) is 1. The Kier molecular flexibility index (Phi) is 6.40. The molecule has 170 valence electrons. The van der Waals surface area contributed by atoms with E-state index in [1.807, 2.05) is 44.2 Å². The molecule has 1 amide bonds. The van der Waals surface area contributed by atoms with Crippen LogP contribution in [0.4, 0.5) is 5.69 Å². The zero-order chi connectivity index (χ0) is 24.4. The maximum atomic E-state index is 13.3. The molecule has 0 saturated carbocycles. The monoisotopic (exact) mass is 472 g/mol. The molecule has 1 heterocycles. The number of aryl methyl sites for hydroxylation is 1. The molecule has 0 aliphatic carbocycles. The summed E-state index contributed by atoms with van der Waals surface area (Å²) in [5, 5.41) is 20.7. The van der Waals surface area contributed by atoms with E-state index in [4.69, 9.17) is 21.6 Å². The highest BCUT2D eigenvalue weighted by atomic mass is 35.5. The standard InChI is InChI=1S/C27H21ClN2O4/c1-3-34-19-12-13-22(28)21(14-19)25(31)23-24(20-7-5-4-6-16(20)2)30(27(33)26(23)32)18-10-8-17(15-29)9-11-18/h4-14,24,31H,3H2,1-2H3/b25-23+. The van der Waals surface area contributed by atoms with E-state index >= 15 is 0 Å². The van der Waals surface area contributed by atoms with Crippen LogP contribution in [0.1, 0.15) is 35.2 Å². The summed E-state index contributed by atoms with van der Waals surface area (Å²) in [6, 6.07) is 19.7. The van der Waals surface area contributed by atoms with Gasteiger partial charge >= 0.3 is 0 Å². The maximum Gasteiger partial charge on any atom is 0.300 e. The number of ketones is 1. The van der Waals surface area contributed by atoms with Crippen molar-refractivity contribution in [1.82, 2.24) is 0 Å². The summed E-state index contributed by atoms with van der Waals surface area (Å²) >= 11 is 6.38. The lowest BCUT2D eigenvalue weighted by Crippen LogP contribution is -2.29. The van der Waals surface area contributed by atoms with Crippen molar-refractivity contribution in [3.63, 3.8) is 0 Å². The number of aliphatic hydroxyl groups excluding tert-OH is 1. The number of halogens is 1. The Labute approximate surface area is 202 Å². The molecule has 0 aromatic heterocycles. The summed E-state index contributed by atoms with van der Waals surface area (Å²) in [5.74, 6) is -1.51. The number of hydrogen-bond acceptors (Lipinski definition) is 5. The van der Waals surface area contributed by atoms with E-state index in [9.17, 15) is 14.7 Å². The van der Waals surface area contributed by atoms with E-state index in [0.717, 1.165) is 5.56 Å². The number of ether oxygens (including phenoxy) is 1. The largest absolute Gasteiger partial charge is 0.507 e. The third-order valence-electron chi connectivity index (χ3n) is 5.71. The van der Waals surface area contributed by atoms with Crippen molar-refractivity contribution in [1.29, 1.82) is 5.26 Å². The molecule has 1 unspecified atom stereocenters. The molecule has 0 radical (unpaired) electrons. The first-order chi connectivity index (χ1) is 16.4. The van der Waals surface area contributed by atoms with E-state index in [1.54, 1.807) is 42.5 Å². The highest BCUT2D eigenvalue weighted by Crippen LogP contribution is 2.44. The van der Waals surface area contributed by atoms with E-state index in [2.05, 4.69) is 0 Å². The molecule has 3 aromatic carbocycles. The average Bonchev–Trinajstić information content (AvgIpc) is 3.10. The number of amides is 1. The summed E-state index contributed by atoms with van der Waals surface area (Å²) < 4.78 is 5.52. The van der Waals surface area contributed by atoms with Gasteiger partial charge in [-0.2, -0.15) is 5.26 Å². The molecule has 34 heavy (non-hydrogen) atoms. The fourth-order valence-electron chi connectivity index (χ4n) is 4.07. The normalized spacial score (nSPS) is 17.0. The van der Waals surface area contributed by atoms with Crippen LogP contribution in [-0.2, 0) is 9.59 Å². The second-order valence-electron chi connectivity index (χ2n) is 7.76. The van der Waals surface area contributed by atoms with Crippen LogP contribution in [0, 0.1) is 18.3 Å². The van der Waals surface area contributed by atoms with Crippen molar-refractivity contribution in [2.24, 2.45) is 0 Å². The van der Waals surface area contributed by atoms with Gasteiger partial charge in [0.05, 0.1) is 34.9 Å². The zero-order valence-electron chi connectivity index (χ0n) is 18.6. The number of rotatable bonds is 5. The quantitative estimate of drug-likeness (QED) is 0.299. The summed E-state index contributed by atoms with van der Waals surface area (Å²) in [4.78, 5) is 27.9. The summed E-state index contributed by atoms with van der Waals surface area (Å²) in [5.41, 5.74) is 2.51. The minimum atomic E-state index is -0.888. The van der Waals surface area contributed by atoms with Gasteiger partial charge < -0.3 is 9.84 Å². The van der Waals surface area contributed by atoms with Gasteiger partial charge in [-0.15, -0.1) is 0 Å². The van der Waals surface area contributed by atoms with Crippen LogP contribution >= 0.6 is 11.6 Å². The van der Waals surface area contributed by atoms with Gasteiger partial charge in [-0.3, -0.25) is 14.5 Å². The molecular formula is C27H21ClN2O4. The highest BCUT2D eigenvalue weighted by molar-refractivity contribution is 6.52. The number of aliphatic hydroxyl groups is 1. The van der Waals surface area contributed by atoms with Crippen molar-refractivity contribution >= 4 is 34.7 Å².